The van der Waals surface area contributed by atoms with Crippen molar-refractivity contribution >= 4 is 28.5 Å². The van der Waals surface area contributed by atoms with E-state index in [0.717, 1.165) is 0 Å². The van der Waals surface area contributed by atoms with Gasteiger partial charge in [0.2, 0.25) is 5.91 Å². The molecule has 0 aliphatic heterocycles. The quantitative estimate of drug-likeness (QED) is 0.280. The normalized spacial score (nSPS) is 11.7. The monoisotopic (exact) mass is 541 g/mol. The highest BCUT2D eigenvalue weighted by Gasteiger charge is 2.32. The molecule has 0 bridgehead atoms. The van der Waals surface area contributed by atoms with Crippen LogP contribution >= 0.6 is 0 Å². The molecule has 0 unspecified atom stereocenters. The average molecular weight is 542 g/mol. The van der Waals surface area contributed by atoms with Crippen LogP contribution in [0.1, 0.15) is 17.2 Å². The highest BCUT2D eigenvalue weighted by Crippen LogP contribution is 2.27. The van der Waals surface area contributed by atoms with Gasteiger partial charge in [0.25, 0.3) is 5.91 Å². The Morgan fingerprint density at radius 3 is 2.23 bits per heavy atom. The molecule has 0 fully saturated rings. The van der Waals surface area contributed by atoms with Crippen molar-refractivity contribution in [3.63, 3.8) is 0 Å². The molecule has 0 radical (unpaired) electrons. The Morgan fingerprint density at radius 1 is 0.900 bits per heavy atom. The largest absolute Gasteiger partial charge is 0.497 e. The van der Waals surface area contributed by atoms with Gasteiger partial charge in [-0.05, 0) is 71.8 Å². The van der Waals surface area contributed by atoms with Gasteiger partial charge in [-0.2, -0.15) is 0 Å². The van der Waals surface area contributed by atoms with Crippen LogP contribution in [0.15, 0.2) is 97.1 Å². The number of hydrogen-bond acceptors (Lipinski definition) is 5. The molecule has 5 aromatic rings. The summed E-state index contributed by atoms with van der Waals surface area (Å²) in [7, 11) is 1.54. The first-order valence-electron chi connectivity index (χ1n) is 12.4. The Morgan fingerprint density at radius 2 is 1.55 bits per heavy atom. The molecular formula is C30H25F2N5O3. The first-order valence-corrected chi connectivity index (χ1v) is 12.4. The van der Waals surface area contributed by atoms with E-state index in [0.29, 0.717) is 33.6 Å². The summed E-state index contributed by atoms with van der Waals surface area (Å²) in [4.78, 5) is 29.1. The highest BCUT2D eigenvalue weighted by molar-refractivity contribution is 5.98. The summed E-state index contributed by atoms with van der Waals surface area (Å²) in [6.45, 7) is -0.237. The van der Waals surface area contributed by atoms with Gasteiger partial charge >= 0.3 is 0 Å². The molecule has 1 heterocycles. The number of rotatable bonds is 9. The molecule has 5 rings (SSSR count). The summed E-state index contributed by atoms with van der Waals surface area (Å²) in [6, 6.07) is 23.8. The number of aromatic nitrogens is 3. The van der Waals surface area contributed by atoms with E-state index in [1.54, 1.807) is 48.5 Å². The molecule has 2 amide bonds. The second-order valence-corrected chi connectivity index (χ2v) is 9.06. The lowest BCUT2D eigenvalue weighted by molar-refractivity contribution is -0.140. The zero-order chi connectivity index (χ0) is 28.1. The van der Waals surface area contributed by atoms with Crippen LogP contribution in [-0.2, 0) is 22.7 Å². The van der Waals surface area contributed by atoms with Gasteiger partial charge in [-0.1, -0.05) is 41.6 Å². The Kier molecular flexibility index (Phi) is 7.77. The molecule has 1 aromatic heterocycles. The fourth-order valence-corrected chi connectivity index (χ4v) is 4.37. The Balaban J connectivity index is 1.53. The topological polar surface area (TPSA) is 89.4 Å². The number of anilines is 1. The molecule has 0 saturated carbocycles. The van der Waals surface area contributed by atoms with Crippen LogP contribution in [0.25, 0.3) is 11.0 Å². The number of para-hydroxylation sites is 1. The van der Waals surface area contributed by atoms with Crippen molar-refractivity contribution in [2.75, 3.05) is 12.4 Å². The number of nitrogens with one attached hydrogen (secondary N) is 1. The van der Waals surface area contributed by atoms with Crippen molar-refractivity contribution in [2.45, 2.75) is 19.1 Å². The van der Waals surface area contributed by atoms with Gasteiger partial charge in [0.1, 0.15) is 35.5 Å². The summed E-state index contributed by atoms with van der Waals surface area (Å²) in [5.74, 6) is -1.26. The number of hydrogen-bond donors (Lipinski definition) is 1. The Bertz CT molecular complexity index is 1620. The van der Waals surface area contributed by atoms with E-state index in [-0.39, 0.29) is 13.1 Å². The first kappa shape index (κ1) is 26.5. The summed E-state index contributed by atoms with van der Waals surface area (Å²) in [5, 5.41) is 11.1. The second kappa shape index (κ2) is 11.7. The van der Waals surface area contributed by atoms with Crippen molar-refractivity contribution in [2.24, 2.45) is 0 Å². The van der Waals surface area contributed by atoms with Crippen molar-refractivity contribution in [3.05, 3.63) is 120 Å². The molecule has 1 N–H and O–H groups in total. The minimum Gasteiger partial charge on any atom is -0.497 e. The van der Waals surface area contributed by atoms with Gasteiger partial charge in [-0.15, -0.1) is 5.10 Å². The summed E-state index contributed by atoms with van der Waals surface area (Å²) >= 11 is 0. The maximum Gasteiger partial charge on any atom is 0.251 e. The van der Waals surface area contributed by atoms with E-state index in [1.165, 1.54) is 53.1 Å². The van der Waals surface area contributed by atoms with Crippen LogP contribution in [-0.4, -0.2) is 38.8 Å². The third kappa shape index (κ3) is 5.96. The van der Waals surface area contributed by atoms with Gasteiger partial charge in [0, 0.05) is 12.2 Å². The van der Waals surface area contributed by atoms with Crippen molar-refractivity contribution < 1.29 is 23.1 Å². The second-order valence-electron chi connectivity index (χ2n) is 9.06. The maximum absolute atomic E-state index is 13.9. The van der Waals surface area contributed by atoms with Crippen LogP contribution in [0.3, 0.4) is 0 Å². The average Bonchev–Trinajstić information content (AvgIpc) is 3.37. The molecule has 0 saturated heterocycles. The molecule has 8 nitrogen and oxygen atoms in total. The van der Waals surface area contributed by atoms with Crippen LogP contribution < -0.4 is 10.1 Å². The standard InChI is InChI=1S/C30H25F2N5O3/c1-40-25-16-14-24(15-17-25)33-30(39)29(21-8-12-23(32)13-9-21)36(18-20-6-10-22(31)11-7-20)28(38)19-37-27-5-3-2-4-26(27)34-35-37/h2-17,29H,18-19H2,1H3,(H,33,39)/t29-/m1/s1. The van der Waals surface area contributed by atoms with E-state index in [4.69, 9.17) is 4.74 Å². The fraction of sp³-hybridized carbons (Fsp3) is 0.133. The van der Waals surface area contributed by atoms with E-state index in [1.807, 2.05) is 12.1 Å². The molecule has 0 aliphatic rings. The number of carbonyl (C=O) groups is 2. The van der Waals surface area contributed by atoms with E-state index in [2.05, 4.69) is 15.6 Å². The highest BCUT2D eigenvalue weighted by atomic mass is 19.1. The number of fused-ring (bicyclic) bond motifs is 1. The number of methoxy groups -OCH3 is 1. The Labute approximate surface area is 228 Å². The summed E-state index contributed by atoms with van der Waals surface area (Å²) < 4.78 is 34.2. The lowest BCUT2D eigenvalue weighted by Crippen LogP contribution is -2.42. The number of halogens is 2. The molecule has 0 aliphatic carbocycles. The van der Waals surface area contributed by atoms with E-state index < -0.39 is 29.5 Å². The molecule has 0 spiro atoms. The van der Waals surface area contributed by atoms with Crippen molar-refractivity contribution in [1.82, 2.24) is 19.9 Å². The third-order valence-electron chi connectivity index (χ3n) is 6.40. The third-order valence-corrected chi connectivity index (χ3v) is 6.40. The lowest BCUT2D eigenvalue weighted by atomic mass is 10.0. The number of carbonyl (C=O) groups excluding carboxylic acids is 2. The molecule has 4 aromatic carbocycles. The van der Waals surface area contributed by atoms with Crippen molar-refractivity contribution in [1.29, 1.82) is 0 Å². The molecule has 40 heavy (non-hydrogen) atoms. The molecule has 10 heteroatoms. The fourth-order valence-electron chi connectivity index (χ4n) is 4.37. The summed E-state index contributed by atoms with van der Waals surface area (Å²) in [6.07, 6.45) is 0. The predicted octanol–water partition coefficient (Wildman–Crippen LogP) is 5.13. The zero-order valence-corrected chi connectivity index (χ0v) is 21.5. The van der Waals surface area contributed by atoms with Crippen LogP contribution in [0.5, 0.6) is 5.75 Å². The molecule has 202 valence electrons. The first-order chi connectivity index (χ1) is 19.4. The minimum absolute atomic E-state index is 0.0240. The maximum atomic E-state index is 13.9. The van der Waals surface area contributed by atoms with E-state index in [9.17, 15) is 18.4 Å². The van der Waals surface area contributed by atoms with Gasteiger partial charge in [0.15, 0.2) is 0 Å². The van der Waals surface area contributed by atoms with Crippen LogP contribution in [0.2, 0.25) is 0 Å². The van der Waals surface area contributed by atoms with Gasteiger partial charge in [-0.3, -0.25) is 9.59 Å². The number of amides is 2. The Hall–Kier alpha value is -5.12. The van der Waals surface area contributed by atoms with Crippen LogP contribution in [0, 0.1) is 11.6 Å². The number of ether oxygens (including phenoxy) is 1. The van der Waals surface area contributed by atoms with Gasteiger partial charge in [0.05, 0.1) is 12.6 Å². The van der Waals surface area contributed by atoms with Crippen LogP contribution in [0.4, 0.5) is 14.5 Å². The van der Waals surface area contributed by atoms with Crippen molar-refractivity contribution in [3.8, 4) is 5.75 Å². The van der Waals surface area contributed by atoms with E-state index >= 15 is 0 Å². The van der Waals surface area contributed by atoms with Gasteiger partial charge in [-0.25, -0.2) is 13.5 Å². The number of nitrogens with zero attached hydrogens (tertiary/aromatic N) is 4. The van der Waals surface area contributed by atoms with Gasteiger partial charge < -0.3 is 15.0 Å². The lowest BCUT2D eigenvalue weighted by Gasteiger charge is -2.31. The smallest absolute Gasteiger partial charge is 0.251 e. The zero-order valence-electron chi connectivity index (χ0n) is 21.5. The number of benzene rings is 4. The minimum atomic E-state index is -1.16. The molecular weight excluding hydrogens is 516 g/mol. The molecule has 1 atom stereocenters. The predicted molar refractivity (Wildman–Crippen MR) is 145 cm³/mol. The summed E-state index contributed by atoms with van der Waals surface area (Å²) in [5.41, 5.74) is 2.74. The SMILES string of the molecule is COc1ccc(NC(=O)[C@@H](c2ccc(F)cc2)N(Cc2ccc(F)cc2)C(=O)Cn2nnc3ccccc32)cc1.